The van der Waals surface area contributed by atoms with Gasteiger partial charge in [0.15, 0.2) is 0 Å². The number of rotatable bonds is 6. The molecule has 2 amide bonds. The van der Waals surface area contributed by atoms with Crippen molar-refractivity contribution in [2.24, 2.45) is 5.73 Å². The Kier molecular flexibility index (Phi) is 6.08. The van der Waals surface area contributed by atoms with Crippen molar-refractivity contribution < 1.29 is 9.59 Å². The molecule has 2 fully saturated rings. The van der Waals surface area contributed by atoms with Crippen LogP contribution >= 0.6 is 0 Å². The monoisotopic (exact) mass is 343 g/mol. The second-order valence-corrected chi connectivity index (χ2v) is 7.25. The summed E-state index contributed by atoms with van der Waals surface area (Å²) >= 11 is 0. The molecule has 3 rings (SSSR count). The van der Waals surface area contributed by atoms with Gasteiger partial charge >= 0.3 is 0 Å². The van der Waals surface area contributed by atoms with Crippen LogP contribution in [0.25, 0.3) is 0 Å². The summed E-state index contributed by atoms with van der Waals surface area (Å²) in [5.74, 6) is 0.0687. The third kappa shape index (κ3) is 4.60. The van der Waals surface area contributed by atoms with Gasteiger partial charge in [-0.05, 0) is 50.6 Å². The Morgan fingerprint density at radius 2 is 1.76 bits per heavy atom. The lowest BCUT2D eigenvalue weighted by Crippen LogP contribution is -2.51. The molecule has 136 valence electrons. The standard InChI is InChI=1S/C20H29N3O2/c21-20(25)18-9-5-13-23(18)17-11-14-22(15-12-17)19(24)10-4-8-16-6-2-1-3-7-16/h1-3,6-7,17-18H,4-5,8-15H2,(H2,21,25)/t18-/m1/s1. The van der Waals surface area contributed by atoms with Crippen molar-refractivity contribution in [3.63, 3.8) is 0 Å². The first-order valence-electron chi connectivity index (χ1n) is 9.52. The van der Waals surface area contributed by atoms with Gasteiger partial charge in [0.25, 0.3) is 0 Å². The largest absolute Gasteiger partial charge is 0.368 e. The van der Waals surface area contributed by atoms with Crippen LogP contribution in [0, 0.1) is 0 Å². The average Bonchev–Trinajstić information content (AvgIpc) is 3.13. The van der Waals surface area contributed by atoms with E-state index >= 15 is 0 Å². The van der Waals surface area contributed by atoms with E-state index in [2.05, 4.69) is 17.0 Å². The van der Waals surface area contributed by atoms with Crippen LogP contribution in [0.3, 0.4) is 0 Å². The Hall–Kier alpha value is -1.88. The fraction of sp³-hybridized carbons (Fsp3) is 0.600. The highest BCUT2D eigenvalue weighted by Crippen LogP contribution is 2.26. The summed E-state index contributed by atoms with van der Waals surface area (Å²) in [6, 6.07) is 10.6. The van der Waals surface area contributed by atoms with Gasteiger partial charge in [0, 0.05) is 25.6 Å². The molecule has 25 heavy (non-hydrogen) atoms. The lowest BCUT2D eigenvalue weighted by atomic mass is 10.0. The van der Waals surface area contributed by atoms with E-state index in [1.54, 1.807) is 0 Å². The molecule has 1 aromatic rings. The molecular weight excluding hydrogens is 314 g/mol. The predicted octanol–water partition coefficient (Wildman–Crippen LogP) is 1.95. The summed E-state index contributed by atoms with van der Waals surface area (Å²) < 4.78 is 0. The summed E-state index contributed by atoms with van der Waals surface area (Å²) in [6.07, 6.45) is 6.31. The number of likely N-dealkylation sites (tertiary alicyclic amines) is 2. The average molecular weight is 343 g/mol. The number of carbonyl (C=O) groups excluding carboxylic acids is 2. The highest BCUT2D eigenvalue weighted by molar-refractivity contribution is 5.80. The molecule has 0 spiro atoms. The number of hydrogen-bond donors (Lipinski definition) is 1. The fourth-order valence-electron chi connectivity index (χ4n) is 4.23. The topological polar surface area (TPSA) is 66.6 Å². The van der Waals surface area contributed by atoms with Crippen LogP contribution in [0.5, 0.6) is 0 Å². The van der Waals surface area contributed by atoms with Crippen LogP contribution in [-0.4, -0.2) is 53.3 Å². The molecule has 2 aliphatic heterocycles. The van der Waals surface area contributed by atoms with E-state index in [0.717, 1.165) is 58.2 Å². The SMILES string of the molecule is NC(=O)[C@H]1CCCN1C1CCN(C(=O)CCCc2ccccc2)CC1. The van der Waals surface area contributed by atoms with E-state index in [9.17, 15) is 9.59 Å². The third-order valence-corrected chi connectivity index (χ3v) is 5.61. The van der Waals surface area contributed by atoms with E-state index in [1.807, 2.05) is 23.1 Å². The van der Waals surface area contributed by atoms with Gasteiger partial charge in [-0.2, -0.15) is 0 Å². The van der Waals surface area contributed by atoms with Gasteiger partial charge in [0.05, 0.1) is 6.04 Å². The fourth-order valence-corrected chi connectivity index (χ4v) is 4.23. The zero-order chi connectivity index (χ0) is 17.6. The minimum Gasteiger partial charge on any atom is -0.368 e. The summed E-state index contributed by atoms with van der Waals surface area (Å²) in [4.78, 5) is 28.3. The van der Waals surface area contributed by atoms with Crippen molar-refractivity contribution in [1.82, 2.24) is 9.80 Å². The molecule has 0 aromatic heterocycles. The minimum absolute atomic E-state index is 0.0990. The van der Waals surface area contributed by atoms with Crippen LogP contribution in [0.15, 0.2) is 30.3 Å². The first kappa shape index (κ1) is 17.9. The summed E-state index contributed by atoms with van der Waals surface area (Å²) in [7, 11) is 0. The molecule has 1 aromatic carbocycles. The van der Waals surface area contributed by atoms with Crippen molar-refractivity contribution in [3.8, 4) is 0 Å². The van der Waals surface area contributed by atoms with Gasteiger partial charge in [-0.3, -0.25) is 14.5 Å². The van der Waals surface area contributed by atoms with Gasteiger partial charge < -0.3 is 10.6 Å². The zero-order valence-electron chi connectivity index (χ0n) is 14.9. The molecule has 0 bridgehead atoms. The number of benzene rings is 1. The Morgan fingerprint density at radius 1 is 1.04 bits per heavy atom. The maximum absolute atomic E-state index is 12.4. The molecule has 2 saturated heterocycles. The maximum atomic E-state index is 12.4. The van der Waals surface area contributed by atoms with Gasteiger partial charge in [-0.1, -0.05) is 30.3 Å². The molecule has 2 N–H and O–H groups in total. The lowest BCUT2D eigenvalue weighted by Gasteiger charge is -2.38. The van der Waals surface area contributed by atoms with Crippen molar-refractivity contribution >= 4 is 11.8 Å². The third-order valence-electron chi connectivity index (χ3n) is 5.61. The number of hydrogen-bond acceptors (Lipinski definition) is 3. The molecule has 2 aliphatic rings. The van der Waals surface area contributed by atoms with Crippen LogP contribution in [0.2, 0.25) is 0 Å². The van der Waals surface area contributed by atoms with Gasteiger partial charge in [-0.15, -0.1) is 0 Å². The predicted molar refractivity (Wildman–Crippen MR) is 97.9 cm³/mol. The van der Waals surface area contributed by atoms with Crippen LogP contribution in [0.4, 0.5) is 0 Å². The Morgan fingerprint density at radius 3 is 2.44 bits per heavy atom. The van der Waals surface area contributed by atoms with E-state index in [1.165, 1.54) is 5.56 Å². The van der Waals surface area contributed by atoms with Crippen molar-refractivity contribution in [3.05, 3.63) is 35.9 Å². The quantitative estimate of drug-likeness (QED) is 0.858. The number of nitrogens with zero attached hydrogens (tertiary/aromatic N) is 2. The molecule has 5 nitrogen and oxygen atoms in total. The number of aryl methyl sites for hydroxylation is 1. The van der Waals surface area contributed by atoms with Crippen molar-refractivity contribution in [1.29, 1.82) is 0 Å². The molecule has 0 unspecified atom stereocenters. The van der Waals surface area contributed by atoms with Crippen molar-refractivity contribution in [2.75, 3.05) is 19.6 Å². The van der Waals surface area contributed by atoms with E-state index < -0.39 is 0 Å². The maximum Gasteiger partial charge on any atom is 0.234 e. The van der Waals surface area contributed by atoms with Crippen LogP contribution in [0.1, 0.15) is 44.1 Å². The zero-order valence-corrected chi connectivity index (χ0v) is 14.9. The van der Waals surface area contributed by atoms with Crippen LogP contribution < -0.4 is 5.73 Å². The molecular formula is C20H29N3O2. The number of nitrogens with two attached hydrogens (primary N) is 1. The van der Waals surface area contributed by atoms with E-state index in [4.69, 9.17) is 5.73 Å². The Labute approximate surface area is 150 Å². The highest BCUT2D eigenvalue weighted by atomic mass is 16.2. The van der Waals surface area contributed by atoms with E-state index in [-0.39, 0.29) is 17.9 Å². The summed E-state index contributed by atoms with van der Waals surface area (Å²) in [5.41, 5.74) is 6.82. The second kappa shape index (κ2) is 8.48. The number of amides is 2. The second-order valence-electron chi connectivity index (χ2n) is 7.25. The summed E-state index contributed by atoms with van der Waals surface area (Å²) in [5, 5.41) is 0. The molecule has 5 heteroatoms. The molecule has 0 radical (unpaired) electrons. The normalized spacial score (nSPS) is 22.2. The highest BCUT2D eigenvalue weighted by Gasteiger charge is 2.36. The minimum atomic E-state index is -0.197. The van der Waals surface area contributed by atoms with Gasteiger partial charge in [0.2, 0.25) is 11.8 Å². The molecule has 0 saturated carbocycles. The Bertz CT molecular complexity index is 582. The lowest BCUT2D eigenvalue weighted by molar-refractivity contribution is -0.133. The molecule has 1 atom stereocenters. The van der Waals surface area contributed by atoms with Gasteiger partial charge in [-0.25, -0.2) is 0 Å². The molecule has 2 heterocycles. The van der Waals surface area contributed by atoms with Crippen LogP contribution in [-0.2, 0) is 16.0 Å². The Balaban J connectivity index is 1.41. The number of carbonyl (C=O) groups is 2. The smallest absolute Gasteiger partial charge is 0.234 e. The van der Waals surface area contributed by atoms with Crippen molar-refractivity contribution in [2.45, 2.75) is 57.0 Å². The molecule has 0 aliphatic carbocycles. The number of primary amides is 1. The number of piperidine rings is 1. The summed E-state index contributed by atoms with van der Waals surface area (Å²) in [6.45, 7) is 2.57. The first-order valence-corrected chi connectivity index (χ1v) is 9.52. The first-order chi connectivity index (χ1) is 12.1. The van der Waals surface area contributed by atoms with Gasteiger partial charge in [0.1, 0.15) is 0 Å². The van der Waals surface area contributed by atoms with E-state index in [0.29, 0.717) is 12.5 Å².